The molecule has 1 N–H and O–H groups in total. The van der Waals surface area contributed by atoms with Crippen molar-refractivity contribution in [2.45, 2.75) is 38.5 Å². The summed E-state index contributed by atoms with van der Waals surface area (Å²) in [5.74, 6) is 1.85. The molecule has 0 saturated heterocycles. The van der Waals surface area contributed by atoms with Gasteiger partial charge in [0.15, 0.2) is 0 Å². The van der Waals surface area contributed by atoms with Gasteiger partial charge in [0.25, 0.3) is 0 Å². The number of phenols is 1. The van der Waals surface area contributed by atoms with Gasteiger partial charge in [0.05, 0.1) is 0 Å². The van der Waals surface area contributed by atoms with Gasteiger partial charge in [-0.05, 0) is 54.4 Å². The molecule has 1 aliphatic carbocycles. The first kappa shape index (κ1) is 14.2. The highest BCUT2D eigenvalue weighted by Crippen LogP contribution is 2.50. The lowest BCUT2D eigenvalue weighted by atomic mass is 9.72. The molecule has 2 aromatic rings. The van der Waals surface area contributed by atoms with E-state index in [1.807, 2.05) is 12.1 Å². The van der Waals surface area contributed by atoms with E-state index >= 15 is 0 Å². The zero-order chi connectivity index (χ0) is 14.9. The summed E-state index contributed by atoms with van der Waals surface area (Å²) in [7, 11) is 0. The monoisotopic (exact) mass is 280 g/mol. The predicted molar refractivity (Wildman–Crippen MR) is 87.5 cm³/mol. The van der Waals surface area contributed by atoms with E-state index in [1.54, 1.807) is 0 Å². The Morgan fingerprint density at radius 2 is 1.57 bits per heavy atom. The quantitative estimate of drug-likeness (QED) is 0.826. The van der Waals surface area contributed by atoms with E-state index < -0.39 is 0 Å². The van der Waals surface area contributed by atoms with Gasteiger partial charge in [0, 0.05) is 5.41 Å². The molecule has 110 valence electrons. The average Bonchev–Trinajstić information content (AvgIpc) is 2.96. The van der Waals surface area contributed by atoms with Gasteiger partial charge in [-0.25, -0.2) is 0 Å². The number of phenolic OH excluding ortho intramolecular Hbond substituents is 1. The van der Waals surface area contributed by atoms with Crippen molar-refractivity contribution in [2.75, 3.05) is 0 Å². The van der Waals surface area contributed by atoms with Gasteiger partial charge in [-0.3, -0.25) is 0 Å². The second-order valence-electron chi connectivity index (χ2n) is 6.74. The van der Waals surface area contributed by atoms with Gasteiger partial charge in [0.1, 0.15) is 5.75 Å². The van der Waals surface area contributed by atoms with Crippen molar-refractivity contribution in [3.63, 3.8) is 0 Å². The highest BCUT2D eigenvalue weighted by molar-refractivity contribution is 5.42. The van der Waals surface area contributed by atoms with E-state index in [2.05, 4.69) is 56.3 Å². The molecule has 1 heteroatoms. The van der Waals surface area contributed by atoms with Gasteiger partial charge in [-0.15, -0.1) is 0 Å². The first-order valence-electron chi connectivity index (χ1n) is 7.97. The Labute approximate surface area is 127 Å². The van der Waals surface area contributed by atoms with Crippen LogP contribution in [0, 0.1) is 11.8 Å². The topological polar surface area (TPSA) is 20.2 Å². The number of aromatic hydroxyl groups is 1. The summed E-state index contributed by atoms with van der Waals surface area (Å²) in [5.41, 5.74) is 2.87. The van der Waals surface area contributed by atoms with Crippen LogP contribution in [0.2, 0.25) is 0 Å². The third-order valence-corrected chi connectivity index (χ3v) is 5.24. The molecule has 3 rings (SSSR count). The van der Waals surface area contributed by atoms with E-state index in [0.29, 0.717) is 5.75 Å². The summed E-state index contributed by atoms with van der Waals surface area (Å²) in [6.07, 6.45) is 3.69. The van der Waals surface area contributed by atoms with E-state index in [0.717, 1.165) is 11.8 Å². The lowest BCUT2D eigenvalue weighted by molar-refractivity contribution is 0.375. The van der Waals surface area contributed by atoms with E-state index in [1.165, 1.54) is 30.4 Å². The molecule has 1 aliphatic rings. The summed E-state index contributed by atoms with van der Waals surface area (Å²) in [6, 6.07) is 18.7. The van der Waals surface area contributed by atoms with Gasteiger partial charge < -0.3 is 5.11 Å². The Morgan fingerprint density at radius 3 is 2.14 bits per heavy atom. The zero-order valence-corrected chi connectivity index (χ0v) is 12.9. The predicted octanol–water partition coefficient (Wildman–Crippen LogP) is 5.13. The van der Waals surface area contributed by atoms with Crippen molar-refractivity contribution in [2.24, 2.45) is 11.8 Å². The van der Waals surface area contributed by atoms with Gasteiger partial charge in [-0.1, -0.05) is 56.3 Å². The molecule has 1 saturated carbocycles. The van der Waals surface area contributed by atoms with Crippen molar-refractivity contribution in [1.82, 2.24) is 0 Å². The van der Waals surface area contributed by atoms with Crippen LogP contribution >= 0.6 is 0 Å². The number of hydrogen-bond acceptors (Lipinski definition) is 1. The smallest absolute Gasteiger partial charge is 0.115 e. The molecule has 0 heterocycles. The highest BCUT2D eigenvalue weighted by Gasteiger charge is 2.42. The maximum absolute atomic E-state index is 9.59. The second kappa shape index (κ2) is 5.55. The molecule has 21 heavy (non-hydrogen) atoms. The first-order valence-corrected chi connectivity index (χ1v) is 7.97. The van der Waals surface area contributed by atoms with Gasteiger partial charge >= 0.3 is 0 Å². The van der Waals surface area contributed by atoms with Gasteiger partial charge in [0.2, 0.25) is 0 Å². The fourth-order valence-corrected chi connectivity index (χ4v) is 3.88. The van der Waals surface area contributed by atoms with Crippen molar-refractivity contribution in [1.29, 1.82) is 0 Å². The average molecular weight is 280 g/mol. The van der Waals surface area contributed by atoms with Gasteiger partial charge in [-0.2, -0.15) is 0 Å². The molecule has 2 atom stereocenters. The highest BCUT2D eigenvalue weighted by atomic mass is 16.3. The summed E-state index contributed by atoms with van der Waals surface area (Å²) >= 11 is 0. The van der Waals surface area contributed by atoms with Crippen LogP contribution < -0.4 is 0 Å². The minimum absolute atomic E-state index is 0.115. The Bertz CT molecular complexity index is 585. The van der Waals surface area contributed by atoms with Crippen molar-refractivity contribution >= 4 is 0 Å². The molecule has 1 fully saturated rings. The van der Waals surface area contributed by atoms with Crippen LogP contribution in [0.1, 0.15) is 44.2 Å². The number of benzene rings is 2. The van der Waals surface area contributed by atoms with Crippen LogP contribution in [0.15, 0.2) is 54.6 Å². The first-order chi connectivity index (χ1) is 10.1. The molecule has 2 unspecified atom stereocenters. The Morgan fingerprint density at radius 1 is 0.952 bits per heavy atom. The molecule has 0 bridgehead atoms. The minimum atomic E-state index is 0.115. The summed E-state index contributed by atoms with van der Waals surface area (Å²) < 4.78 is 0. The Balaban J connectivity index is 2.06. The van der Waals surface area contributed by atoms with E-state index in [4.69, 9.17) is 0 Å². The molecule has 2 aromatic carbocycles. The molecule has 0 aromatic heterocycles. The van der Waals surface area contributed by atoms with Crippen LogP contribution in [0.25, 0.3) is 0 Å². The summed E-state index contributed by atoms with van der Waals surface area (Å²) in [5, 5.41) is 9.59. The normalized spacial score (nSPS) is 25.4. The standard InChI is InChI=1S/C20H24O/c1-15(2)16-12-13-20(14-16,17-6-4-3-5-7-17)18-8-10-19(21)11-9-18/h3-11,15-16,21H,12-14H2,1-2H3. The van der Waals surface area contributed by atoms with Crippen molar-refractivity contribution < 1.29 is 5.11 Å². The van der Waals surface area contributed by atoms with Crippen LogP contribution in [0.4, 0.5) is 0 Å². The fourth-order valence-electron chi connectivity index (χ4n) is 3.88. The van der Waals surface area contributed by atoms with Crippen LogP contribution in [0.5, 0.6) is 5.75 Å². The lowest BCUT2D eigenvalue weighted by Crippen LogP contribution is -2.25. The Hall–Kier alpha value is -1.76. The molecule has 0 aliphatic heterocycles. The lowest BCUT2D eigenvalue weighted by Gasteiger charge is -2.31. The largest absolute Gasteiger partial charge is 0.508 e. The van der Waals surface area contributed by atoms with Crippen LogP contribution in [-0.4, -0.2) is 5.11 Å². The third kappa shape index (κ3) is 2.57. The maximum Gasteiger partial charge on any atom is 0.115 e. The molecule has 0 spiro atoms. The SMILES string of the molecule is CC(C)C1CCC(c2ccccc2)(c2ccc(O)cc2)C1. The summed E-state index contributed by atoms with van der Waals surface area (Å²) in [4.78, 5) is 0. The van der Waals surface area contributed by atoms with E-state index in [9.17, 15) is 5.11 Å². The molecule has 0 amide bonds. The third-order valence-electron chi connectivity index (χ3n) is 5.24. The second-order valence-corrected chi connectivity index (χ2v) is 6.74. The summed E-state index contributed by atoms with van der Waals surface area (Å²) in [6.45, 7) is 4.67. The zero-order valence-electron chi connectivity index (χ0n) is 12.9. The molecule has 0 radical (unpaired) electrons. The van der Waals surface area contributed by atoms with Crippen molar-refractivity contribution in [3.05, 3.63) is 65.7 Å². The fraction of sp³-hybridized carbons (Fsp3) is 0.400. The Kier molecular flexibility index (Phi) is 3.75. The number of hydrogen-bond donors (Lipinski definition) is 1. The van der Waals surface area contributed by atoms with Crippen molar-refractivity contribution in [3.8, 4) is 5.75 Å². The minimum Gasteiger partial charge on any atom is -0.508 e. The molecule has 1 nitrogen and oxygen atoms in total. The molecular formula is C20H24O. The van der Waals surface area contributed by atoms with Crippen LogP contribution in [-0.2, 0) is 5.41 Å². The molecular weight excluding hydrogens is 256 g/mol. The maximum atomic E-state index is 9.59. The van der Waals surface area contributed by atoms with Crippen LogP contribution in [0.3, 0.4) is 0 Å². The number of rotatable bonds is 3. The van der Waals surface area contributed by atoms with E-state index in [-0.39, 0.29) is 5.41 Å².